The van der Waals surface area contributed by atoms with E-state index in [1.165, 1.54) is 12.8 Å². The minimum atomic E-state index is -0.185. The van der Waals surface area contributed by atoms with Crippen molar-refractivity contribution < 1.29 is 9.90 Å². The Hall–Kier alpha value is -0.770. The SMILES string of the molecule is O=C(N1CCCCC1)N1CCCCC1C1CCCC1O. The number of amides is 2. The van der Waals surface area contributed by atoms with E-state index < -0.39 is 0 Å². The highest BCUT2D eigenvalue weighted by Gasteiger charge is 2.40. The number of nitrogens with zero attached hydrogens (tertiary/aromatic N) is 2. The second-order valence-corrected chi connectivity index (χ2v) is 6.75. The highest BCUT2D eigenvalue weighted by molar-refractivity contribution is 5.75. The van der Waals surface area contributed by atoms with Gasteiger partial charge in [0.15, 0.2) is 0 Å². The molecule has 3 fully saturated rings. The van der Waals surface area contributed by atoms with Gasteiger partial charge in [-0.2, -0.15) is 0 Å². The van der Waals surface area contributed by atoms with E-state index in [0.29, 0.717) is 5.92 Å². The lowest BCUT2D eigenvalue weighted by atomic mass is 9.88. The monoisotopic (exact) mass is 280 g/mol. The molecule has 4 heteroatoms. The van der Waals surface area contributed by atoms with Crippen molar-refractivity contribution >= 4 is 6.03 Å². The number of carbonyl (C=O) groups excluding carboxylic acids is 1. The predicted octanol–water partition coefficient (Wildman–Crippen LogP) is 2.61. The molecule has 0 spiro atoms. The lowest BCUT2D eigenvalue weighted by molar-refractivity contribution is 0.0405. The molecular weight excluding hydrogens is 252 g/mol. The van der Waals surface area contributed by atoms with Gasteiger partial charge in [0, 0.05) is 31.6 Å². The largest absolute Gasteiger partial charge is 0.393 e. The van der Waals surface area contributed by atoms with Gasteiger partial charge in [0.05, 0.1) is 6.10 Å². The maximum Gasteiger partial charge on any atom is 0.320 e. The highest BCUT2D eigenvalue weighted by Crippen LogP contribution is 2.35. The maximum absolute atomic E-state index is 12.8. The summed E-state index contributed by atoms with van der Waals surface area (Å²) in [4.78, 5) is 16.9. The minimum absolute atomic E-state index is 0.185. The minimum Gasteiger partial charge on any atom is -0.393 e. The van der Waals surface area contributed by atoms with Crippen molar-refractivity contribution in [3.8, 4) is 0 Å². The molecule has 114 valence electrons. The van der Waals surface area contributed by atoms with Gasteiger partial charge in [0.1, 0.15) is 0 Å². The third kappa shape index (κ3) is 2.80. The van der Waals surface area contributed by atoms with Crippen molar-refractivity contribution in [3.63, 3.8) is 0 Å². The van der Waals surface area contributed by atoms with Crippen molar-refractivity contribution in [2.24, 2.45) is 5.92 Å². The number of hydrogen-bond donors (Lipinski definition) is 1. The first kappa shape index (κ1) is 14.2. The fraction of sp³-hybridized carbons (Fsp3) is 0.938. The fourth-order valence-electron chi connectivity index (χ4n) is 4.32. The summed E-state index contributed by atoms with van der Waals surface area (Å²) in [6, 6.07) is 0.532. The molecule has 3 atom stereocenters. The Labute approximate surface area is 122 Å². The molecule has 1 N–H and O–H groups in total. The molecule has 2 heterocycles. The summed E-state index contributed by atoms with van der Waals surface area (Å²) >= 11 is 0. The van der Waals surface area contributed by atoms with Gasteiger partial charge in [0.2, 0.25) is 0 Å². The molecule has 0 aromatic rings. The predicted molar refractivity (Wildman–Crippen MR) is 78.5 cm³/mol. The van der Waals surface area contributed by atoms with Crippen LogP contribution < -0.4 is 0 Å². The molecule has 0 aromatic heterocycles. The van der Waals surface area contributed by atoms with E-state index >= 15 is 0 Å². The number of urea groups is 1. The van der Waals surface area contributed by atoms with Crippen LogP contribution in [0.4, 0.5) is 4.79 Å². The van der Waals surface area contributed by atoms with Crippen LogP contribution in [-0.2, 0) is 0 Å². The second kappa shape index (κ2) is 6.33. The molecule has 2 amide bonds. The van der Waals surface area contributed by atoms with Gasteiger partial charge in [0.25, 0.3) is 0 Å². The Kier molecular flexibility index (Phi) is 4.49. The zero-order valence-corrected chi connectivity index (χ0v) is 12.5. The number of likely N-dealkylation sites (tertiary alicyclic amines) is 2. The standard InChI is InChI=1S/C16H28N2O2/c19-15-9-6-7-13(15)14-8-2-5-12-18(14)16(20)17-10-3-1-4-11-17/h13-15,19H,1-12H2. The summed E-state index contributed by atoms with van der Waals surface area (Å²) in [7, 11) is 0. The summed E-state index contributed by atoms with van der Waals surface area (Å²) in [6.07, 6.45) is 9.92. The van der Waals surface area contributed by atoms with Gasteiger partial charge in [-0.05, 0) is 51.4 Å². The van der Waals surface area contributed by atoms with Crippen LogP contribution in [0.2, 0.25) is 0 Å². The zero-order chi connectivity index (χ0) is 13.9. The van der Waals surface area contributed by atoms with Gasteiger partial charge < -0.3 is 14.9 Å². The van der Waals surface area contributed by atoms with Gasteiger partial charge in [-0.3, -0.25) is 0 Å². The summed E-state index contributed by atoms with van der Waals surface area (Å²) in [5.74, 6) is 0.323. The average molecular weight is 280 g/mol. The van der Waals surface area contributed by atoms with E-state index in [-0.39, 0.29) is 18.2 Å². The summed E-state index contributed by atoms with van der Waals surface area (Å²) in [6.45, 7) is 2.74. The summed E-state index contributed by atoms with van der Waals surface area (Å²) in [5.41, 5.74) is 0. The first-order valence-electron chi connectivity index (χ1n) is 8.51. The molecule has 3 unspecified atom stereocenters. The third-order valence-electron chi connectivity index (χ3n) is 5.45. The quantitative estimate of drug-likeness (QED) is 0.802. The third-order valence-corrected chi connectivity index (χ3v) is 5.45. The number of aliphatic hydroxyl groups excluding tert-OH is 1. The van der Waals surface area contributed by atoms with Crippen molar-refractivity contribution in [2.45, 2.75) is 69.9 Å². The zero-order valence-electron chi connectivity index (χ0n) is 12.5. The normalized spacial score (nSPS) is 35.4. The number of hydrogen-bond acceptors (Lipinski definition) is 2. The average Bonchev–Trinajstić information content (AvgIpc) is 2.93. The molecule has 0 bridgehead atoms. The number of rotatable bonds is 1. The van der Waals surface area contributed by atoms with Crippen LogP contribution in [0.3, 0.4) is 0 Å². The Balaban J connectivity index is 1.69. The van der Waals surface area contributed by atoms with E-state index in [0.717, 1.165) is 64.6 Å². The molecule has 3 aliphatic rings. The maximum atomic E-state index is 12.8. The van der Waals surface area contributed by atoms with Crippen molar-refractivity contribution in [1.29, 1.82) is 0 Å². The van der Waals surface area contributed by atoms with Crippen molar-refractivity contribution in [2.75, 3.05) is 19.6 Å². The summed E-state index contributed by atoms with van der Waals surface area (Å²) in [5, 5.41) is 10.2. The molecule has 3 rings (SSSR count). The van der Waals surface area contributed by atoms with E-state index in [1.807, 2.05) is 4.90 Å². The molecule has 2 saturated heterocycles. The molecule has 1 aliphatic carbocycles. The molecule has 0 aromatic carbocycles. The molecule has 1 saturated carbocycles. The van der Waals surface area contributed by atoms with Crippen LogP contribution in [0.5, 0.6) is 0 Å². The van der Waals surface area contributed by atoms with Gasteiger partial charge in [-0.1, -0.05) is 6.42 Å². The van der Waals surface area contributed by atoms with Gasteiger partial charge >= 0.3 is 6.03 Å². The van der Waals surface area contributed by atoms with Crippen LogP contribution in [0.25, 0.3) is 0 Å². The fourth-order valence-corrected chi connectivity index (χ4v) is 4.32. The van der Waals surface area contributed by atoms with E-state index in [4.69, 9.17) is 0 Å². The first-order valence-corrected chi connectivity index (χ1v) is 8.51. The number of piperidine rings is 2. The van der Waals surface area contributed by atoms with Crippen molar-refractivity contribution in [3.05, 3.63) is 0 Å². The number of aliphatic hydroxyl groups is 1. The Morgan fingerprint density at radius 1 is 0.850 bits per heavy atom. The highest BCUT2D eigenvalue weighted by atomic mass is 16.3. The van der Waals surface area contributed by atoms with Gasteiger partial charge in [-0.25, -0.2) is 4.79 Å². The molecular formula is C16H28N2O2. The lowest BCUT2D eigenvalue weighted by Gasteiger charge is -2.43. The van der Waals surface area contributed by atoms with Crippen LogP contribution >= 0.6 is 0 Å². The van der Waals surface area contributed by atoms with E-state index in [2.05, 4.69) is 4.90 Å². The van der Waals surface area contributed by atoms with Crippen LogP contribution in [0.15, 0.2) is 0 Å². The van der Waals surface area contributed by atoms with Crippen LogP contribution in [0, 0.1) is 5.92 Å². The topological polar surface area (TPSA) is 43.8 Å². The molecule has 20 heavy (non-hydrogen) atoms. The molecule has 4 nitrogen and oxygen atoms in total. The Bertz CT molecular complexity index is 341. The molecule has 0 radical (unpaired) electrons. The first-order chi connectivity index (χ1) is 9.77. The molecule has 2 aliphatic heterocycles. The van der Waals surface area contributed by atoms with E-state index in [1.54, 1.807) is 0 Å². The smallest absolute Gasteiger partial charge is 0.320 e. The lowest BCUT2D eigenvalue weighted by Crippen LogP contribution is -2.54. The van der Waals surface area contributed by atoms with Crippen molar-refractivity contribution in [1.82, 2.24) is 9.80 Å². The van der Waals surface area contributed by atoms with Crippen LogP contribution in [-0.4, -0.2) is 52.7 Å². The van der Waals surface area contributed by atoms with Gasteiger partial charge in [-0.15, -0.1) is 0 Å². The number of carbonyl (C=O) groups is 1. The van der Waals surface area contributed by atoms with E-state index in [9.17, 15) is 9.90 Å². The van der Waals surface area contributed by atoms with Crippen LogP contribution in [0.1, 0.15) is 57.8 Å². The Morgan fingerprint density at radius 2 is 1.60 bits per heavy atom. The second-order valence-electron chi connectivity index (χ2n) is 6.75. The Morgan fingerprint density at radius 3 is 2.30 bits per heavy atom. The summed E-state index contributed by atoms with van der Waals surface area (Å²) < 4.78 is 0.